The van der Waals surface area contributed by atoms with E-state index in [0.29, 0.717) is 31.4 Å². The topological polar surface area (TPSA) is 73.6 Å². The first kappa shape index (κ1) is 16.7. The summed E-state index contributed by atoms with van der Waals surface area (Å²) in [5.74, 6) is 0.700. The van der Waals surface area contributed by atoms with Gasteiger partial charge in [0.15, 0.2) is 11.5 Å². The zero-order valence-corrected chi connectivity index (χ0v) is 13.8. The van der Waals surface area contributed by atoms with Gasteiger partial charge >= 0.3 is 0 Å². The fourth-order valence-electron chi connectivity index (χ4n) is 2.59. The lowest BCUT2D eigenvalue weighted by Crippen LogP contribution is -2.29. The number of carbonyl (C=O) groups excluding carboxylic acids is 1. The van der Waals surface area contributed by atoms with Crippen LogP contribution in [0.4, 0.5) is 0 Å². The highest BCUT2D eigenvalue weighted by Crippen LogP contribution is 2.12. The van der Waals surface area contributed by atoms with Crippen LogP contribution in [0.15, 0.2) is 34.9 Å². The molecular formula is C18H22N2O4. The van der Waals surface area contributed by atoms with Crippen molar-refractivity contribution in [1.29, 1.82) is 0 Å². The maximum Gasteiger partial charge on any atom is 0.273 e. The van der Waals surface area contributed by atoms with E-state index in [1.165, 1.54) is 5.56 Å². The number of aromatic nitrogens is 1. The maximum atomic E-state index is 12.0. The van der Waals surface area contributed by atoms with Crippen LogP contribution in [0.1, 0.15) is 33.8 Å². The molecule has 24 heavy (non-hydrogen) atoms. The molecule has 6 nitrogen and oxygen atoms in total. The number of aryl methyl sites for hydroxylation is 1. The van der Waals surface area contributed by atoms with E-state index in [2.05, 4.69) is 10.5 Å². The van der Waals surface area contributed by atoms with Crippen LogP contribution >= 0.6 is 0 Å². The molecule has 0 aliphatic carbocycles. The van der Waals surface area contributed by atoms with Crippen molar-refractivity contribution in [2.75, 3.05) is 19.8 Å². The molecule has 0 radical (unpaired) electrons. The number of benzene rings is 1. The summed E-state index contributed by atoms with van der Waals surface area (Å²) in [6.07, 6.45) is 0.983. The van der Waals surface area contributed by atoms with Gasteiger partial charge in [-0.1, -0.05) is 29.4 Å². The van der Waals surface area contributed by atoms with Crippen molar-refractivity contribution in [2.45, 2.75) is 26.6 Å². The van der Waals surface area contributed by atoms with Gasteiger partial charge in [0.25, 0.3) is 5.91 Å². The van der Waals surface area contributed by atoms with Gasteiger partial charge < -0.3 is 19.3 Å². The van der Waals surface area contributed by atoms with Crippen LogP contribution in [0.5, 0.6) is 0 Å². The van der Waals surface area contributed by atoms with Crippen molar-refractivity contribution in [3.8, 4) is 0 Å². The molecule has 1 aromatic carbocycles. The molecular weight excluding hydrogens is 308 g/mol. The van der Waals surface area contributed by atoms with Crippen LogP contribution in [0.3, 0.4) is 0 Å². The van der Waals surface area contributed by atoms with E-state index in [-0.39, 0.29) is 18.2 Å². The quantitative estimate of drug-likeness (QED) is 0.844. The van der Waals surface area contributed by atoms with Gasteiger partial charge in [0.05, 0.1) is 13.2 Å². The van der Waals surface area contributed by atoms with Gasteiger partial charge in [-0.15, -0.1) is 0 Å². The van der Waals surface area contributed by atoms with Crippen molar-refractivity contribution < 1.29 is 18.8 Å². The van der Waals surface area contributed by atoms with Crippen molar-refractivity contribution in [1.82, 2.24) is 10.5 Å². The number of hydrogen-bond donors (Lipinski definition) is 1. The van der Waals surface area contributed by atoms with Crippen molar-refractivity contribution in [3.63, 3.8) is 0 Å². The van der Waals surface area contributed by atoms with E-state index in [1.807, 2.05) is 31.2 Å². The third-order valence-electron chi connectivity index (χ3n) is 4.13. The number of nitrogens with one attached hydrogen (secondary N) is 1. The molecule has 1 atom stereocenters. The van der Waals surface area contributed by atoms with Gasteiger partial charge in [-0.05, 0) is 24.5 Å². The van der Waals surface area contributed by atoms with Crippen molar-refractivity contribution >= 4 is 5.91 Å². The standard InChI is InChI=1S/C18H22N2O4/c1-13-4-2-3-5-15(13)11-23-12-16-8-17(20-24-16)18(21)19-9-14-6-7-22-10-14/h2-5,8,14H,6-7,9-12H2,1H3,(H,19,21). The second-order valence-corrected chi connectivity index (χ2v) is 6.04. The first-order valence-electron chi connectivity index (χ1n) is 8.16. The molecule has 2 heterocycles. The van der Waals surface area contributed by atoms with Crippen LogP contribution in [-0.2, 0) is 22.7 Å². The minimum atomic E-state index is -0.226. The average molecular weight is 330 g/mol. The molecule has 1 amide bonds. The summed E-state index contributed by atoms with van der Waals surface area (Å²) in [7, 11) is 0. The molecule has 2 aromatic rings. The van der Waals surface area contributed by atoms with Gasteiger partial charge in [0, 0.05) is 25.1 Å². The Morgan fingerprint density at radius 3 is 3.04 bits per heavy atom. The normalized spacial score (nSPS) is 17.1. The third-order valence-corrected chi connectivity index (χ3v) is 4.13. The lowest BCUT2D eigenvalue weighted by Gasteiger charge is -2.07. The molecule has 0 spiro atoms. The summed E-state index contributed by atoms with van der Waals surface area (Å²) >= 11 is 0. The second-order valence-electron chi connectivity index (χ2n) is 6.04. The lowest BCUT2D eigenvalue weighted by atomic mass is 10.1. The number of carbonyl (C=O) groups is 1. The van der Waals surface area contributed by atoms with E-state index >= 15 is 0 Å². The number of hydrogen-bond acceptors (Lipinski definition) is 5. The molecule has 3 rings (SSSR count). The van der Waals surface area contributed by atoms with Crippen LogP contribution in [0.25, 0.3) is 0 Å². The Labute approximate surface area is 141 Å². The smallest absolute Gasteiger partial charge is 0.273 e. The van der Waals surface area contributed by atoms with E-state index in [1.54, 1.807) is 6.07 Å². The largest absolute Gasteiger partial charge is 0.381 e. The Bertz CT molecular complexity index is 677. The highest BCUT2D eigenvalue weighted by Gasteiger charge is 2.18. The van der Waals surface area contributed by atoms with Gasteiger partial charge in [-0.25, -0.2) is 0 Å². The first-order valence-corrected chi connectivity index (χ1v) is 8.16. The molecule has 128 valence electrons. The summed E-state index contributed by atoms with van der Waals surface area (Å²) in [6, 6.07) is 9.68. The van der Waals surface area contributed by atoms with Gasteiger partial charge in [0.1, 0.15) is 6.61 Å². The molecule has 1 aliphatic heterocycles. The van der Waals surface area contributed by atoms with E-state index in [9.17, 15) is 4.79 Å². The Hall–Kier alpha value is -2.18. The molecule has 1 aromatic heterocycles. The Morgan fingerprint density at radius 2 is 2.25 bits per heavy atom. The third kappa shape index (κ3) is 4.43. The van der Waals surface area contributed by atoms with Crippen LogP contribution in [0.2, 0.25) is 0 Å². The average Bonchev–Trinajstić information content (AvgIpc) is 3.26. The first-order chi connectivity index (χ1) is 11.7. The maximum absolute atomic E-state index is 12.0. The van der Waals surface area contributed by atoms with Gasteiger partial charge in [-0.2, -0.15) is 0 Å². The second kappa shape index (κ2) is 8.08. The molecule has 1 fully saturated rings. The number of ether oxygens (including phenoxy) is 2. The van der Waals surface area contributed by atoms with E-state index in [0.717, 1.165) is 18.6 Å². The van der Waals surface area contributed by atoms with E-state index in [4.69, 9.17) is 14.0 Å². The fourth-order valence-corrected chi connectivity index (χ4v) is 2.59. The summed E-state index contributed by atoms with van der Waals surface area (Å²) < 4.78 is 16.1. The molecule has 1 aliphatic rings. The molecule has 1 N–H and O–H groups in total. The predicted molar refractivity (Wildman–Crippen MR) is 87.4 cm³/mol. The molecule has 1 unspecified atom stereocenters. The van der Waals surface area contributed by atoms with Crippen LogP contribution in [-0.4, -0.2) is 30.8 Å². The molecule has 0 bridgehead atoms. The minimum absolute atomic E-state index is 0.226. The van der Waals surface area contributed by atoms with Crippen molar-refractivity contribution in [3.05, 3.63) is 52.9 Å². The summed E-state index contributed by atoms with van der Waals surface area (Å²) in [5.41, 5.74) is 2.60. The Morgan fingerprint density at radius 1 is 1.38 bits per heavy atom. The van der Waals surface area contributed by atoms with Crippen LogP contribution < -0.4 is 5.32 Å². The van der Waals surface area contributed by atoms with E-state index < -0.39 is 0 Å². The Kier molecular flexibility index (Phi) is 5.61. The SMILES string of the molecule is Cc1ccccc1COCc1cc(C(=O)NCC2CCOC2)no1. The van der Waals surface area contributed by atoms with Crippen LogP contribution in [0, 0.1) is 12.8 Å². The highest BCUT2D eigenvalue weighted by molar-refractivity contribution is 5.92. The molecule has 6 heteroatoms. The predicted octanol–water partition coefficient (Wildman–Crippen LogP) is 2.47. The summed E-state index contributed by atoms with van der Waals surface area (Å²) in [6.45, 7) is 4.90. The zero-order chi connectivity index (χ0) is 16.8. The number of nitrogens with zero attached hydrogens (tertiary/aromatic N) is 1. The van der Waals surface area contributed by atoms with Gasteiger partial charge in [-0.3, -0.25) is 4.79 Å². The highest BCUT2D eigenvalue weighted by atomic mass is 16.5. The Balaban J connectivity index is 1.44. The minimum Gasteiger partial charge on any atom is -0.381 e. The number of rotatable bonds is 7. The van der Waals surface area contributed by atoms with Crippen molar-refractivity contribution in [2.24, 2.45) is 5.92 Å². The zero-order valence-electron chi connectivity index (χ0n) is 13.8. The summed E-state index contributed by atoms with van der Waals surface area (Å²) in [5, 5.41) is 6.67. The lowest BCUT2D eigenvalue weighted by molar-refractivity contribution is 0.0874. The fraction of sp³-hybridized carbons (Fsp3) is 0.444. The van der Waals surface area contributed by atoms with Gasteiger partial charge in [0.2, 0.25) is 0 Å². The molecule has 1 saturated heterocycles. The number of amides is 1. The molecule has 0 saturated carbocycles. The monoisotopic (exact) mass is 330 g/mol. The summed E-state index contributed by atoms with van der Waals surface area (Å²) in [4.78, 5) is 12.0.